The molecule has 2 aliphatic rings. The van der Waals surface area contributed by atoms with Crippen LogP contribution in [0, 0.1) is 6.92 Å². The Morgan fingerprint density at radius 1 is 1.24 bits per heavy atom. The smallest absolute Gasteiger partial charge is 0.274 e. The summed E-state index contributed by atoms with van der Waals surface area (Å²) in [6.45, 7) is 2.60. The highest BCUT2D eigenvalue weighted by atomic mass is 16.2. The first-order valence-corrected chi connectivity index (χ1v) is 8.57. The maximum Gasteiger partial charge on any atom is 0.274 e. The predicted octanol–water partition coefficient (Wildman–Crippen LogP) is 2.71. The SMILES string of the molecule is Cc1ccc2c(C(=O)NC3CC3)c(NC(=O)C3=NCCC=C3)[nH]c2c1. The van der Waals surface area contributed by atoms with Crippen LogP contribution in [0.1, 0.15) is 35.2 Å². The first-order chi connectivity index (χ1) is 12.1. The number of hydrogen-bond donors (Lipinski definition) is 3. The van der Waals surface area contributed by atoms with E-state index in [4.69, 9.17) is 0 Å². The summed E-state index contributed by atoms with van der Waals surface area (Å²) in [5, 5.41) is 6.63. The Hall–Kier alpha value is -2.89. The van der Waals surface area contributed by atoms with Crippen molar-refractivity contribution in [2.75, 3.05) is 11.9 Å². The zero-order chi connectivity index (χ0) is 17.4. The second-order valence-electron chi connectivity index (χ2n) is 6.58. The van der Waals surface area contributed by atoms with Crippen molar-refractivity contribution in [2.24, 2.45) is 4.99 Å². The third-order valence-corrected chi connectivity index (χ3v) is 4.42. The molecule has 6 nitrogen and oxygen atoms in total. The number of fused-ring (bicyclic) bond motifs is 1. The van der Waals surface area contributed by atoms with Gasteiger partial charge in [-0.25, -0.2) is 0 Å². The molecule has 0 bridgehead atoms. The van der Waals surface area contributed by atoms with Crippen LogP contribution in [0.2, 0.25) is 0 Å². The highest BCUT2D eigenvalue weighted by Gasteiger charge is 2.27. The first kappa shape index (κ1) is 15.6. The number of aliphatic imine (C=N–C) groups is 1. The van der Waals surface area contributed by atoms with E-state index < -0.39 is 0 Å². The van der Waals surface area contributed by atoms with E-state index in [2.05, 4.69) is 20.6 Å². The van der Waals surface area contributed by atoms with Gasteiger partial charge >= 0.3 is 0 Å². The lowest BCUT2D eigenvalue weighted by Crippen LogP contribution is -2.28. The van der Waals surface area contributed by atoms with Crippen molar-refractivity contribution in [1.29, 1.82) is 0 Å². The molecule has 0 spiro atoms. The van der Waals surface area contributed by atoms with E-state index in [0.29, 0.717) is 23.6 Å². The number of aryl methyl sites for hydroxylation is 1. The van der Waals surface area contributed by atoms with E-state index in [1.165, 1.54) is 0 Å². The zero-order valence-corrected chi connectivity index (χ0v) is 14.1. The minimum Gasteiger partial charge on any atom is -0.349 e. The van der Waals surface area contributed by atoms with Gasteiger partial charge in [0, 0.05) is 23.5 Å². The molecule has 0 radical (unpaired) electrons. The maximum absolute atomic E-state index is 12.7. The fourth-order valence-corrected chi connectivity index (χ4v) is 2.96. The van der Waals surface area contributed by atoms with Gasteiger partial charge in [-0.2, -0.15) is 0 Å². The lowest BCUT2D eigenvalue weighted by Gasteiger charge is -2.09. The summed E-state index contributed by atoms with van der Waals surface area (Å²) in [5.74, 6) is -0.0425. The molecule has 2 amide bonds. The summed E-state index contributed by atoms with van der Waals surface area (Å²) < 4.78 is 0. The Morgan fingerprint density at radius 3 is 2.80 bits per heavy atom. The fourth-order valence-electron chi connectivity index (χ4n) is 2.96. The molecule has 2 aromatic rings. The number of dihydropyridines is 1. The number of aromatic nitrogens is 1. The monoisotopic (exact) mass is 336 g/mol. The second-order valence-corrected chi connectivity index (χ2v) is 6.58. The molecule has 6 heteroatoms. The van der Waals surface area contributed by atoms with Gasteiger partial charge in [-0.3, -0.25) is 14.6 Å². The summed E-state index contributed by atoms with van der Waals surface area (Å²) in [5.41, 5.74) is 2.78. The Labute approximate surface area is 145 Å². The van der Waals surface area contributed by atoms with Crippen LogP contribution in [0.3, 0.4) is 0 Å². The normalized spacial score (nSPS) is 16.6. The van der Waals surface area contributed by atoms with Crippen molar-refractivity contribution < 1.29 is 9.59 Å². The van der Waals surface area contributed by atoms with Crippen LogP contribution in [0.15, 0.2) is 35.3 Å². The number of anilines is 1. The van der Waals surface area contributed by atoms with E-state index in [0.717, 1.165) is 35.7 Å². The Kier molecular flexibility index (Phi) is 3.87. The molecule has 1 aromatic carbocycles. The van der Waals surface area contributed by atoms with Gasteiger partial charge in [-0.15, -0.1) is 0 Å². The molecule has 1 aromatic heterocycles. The molecule has 3 N–H and O–H groups in total. The summed E-state index contributed by atoms with van der Waals surface area (Å²) in [7, 11) is 0. The number of benzene rings is 1. The number of carbonyl (C=O) groups excluding carboxylic acids is 2. The molecule has 4 rings (SSSR count). The van der Waals surface area contributed by atoms with Crippen LogP contribution < -0.4 is 10.6 Å². The van der Waals surface area contributed by atoms with Gasteiger partial charge in [0.05, 0.1) is 5.56 Å². The van der Waals surface area contributed by atoms with E-state index >= 15 is 0 Å². The van der Waals surface area contributed by atoms with Gasteiger partial charge in [0.2, 0.25) is 0 Å². The fraction of sp³-hybridized carbons (Fsp3) is 0.316. The molecule has 1 aliphatic carbocycles. The van der Waals surface area contributed by atoms with Crippen molar-refractivity contribution in [2.45, 2.75) is 32.2 Å². The highest BCUT2D eigenvalue weighted by molar-refractivity contribution is 6.47. The van der Waals surface area contributed by atoms with Crippen molar-refractivity contribution in [3.63, 3.8) is 0 Å². The number of amides is 2. The zero-order valence-electron chi connectivity index (χ0n) is 14.1. The van der Waals surface area contributed by atoms with Gasteiger partial charge in [-0.1, -0.05) is 18.2 Å². The van der Waals surface area contributed by atoms with E-state index in [-0.39, 0.29) is 17.9 Å². The number of hydrogen-bond acceptors (Lipinski definition) is 3. The lowest BCUT2D eigenvalue weighted by atomic mass is 10.1. The van der Waals surface area contributed by atoms with E-state index in [1.54, 1.807) is 6.08 Å². The van der Waals surface area contributed by atoms with Gasteiger partial charge in [-0.05, 0) is 43.9 Å². The summed E-state index contributed by atoms with van der Waals surface area (Å²) in [4.78, 5) is 32.6. The van der Waals surface area contributed by atoms with Crippen LogP contribution in [-0.2, 0) is 4.79 Å². The predicted molar refractivity (Wildman–Crippen MR) is 98.2 cm³/mol. The Bertz CT molecular complexity index is 919. The number of nitrogens with one attached hydrogen (secondary N) is 3. The molecule has 25 heavy (non-hydrogen) atoms. The minimum absolute atomic E-state index is 0.158. The lowest BCUT2D eigenvalue weighted by molar-refractivity contribution is -0.110. The molecule has 2 heterocycles. The summed E-state index contributed by atoms with van der Waals surface area (Å²) in [6, 6.07) is 6.09. The molecule has 0 atom stereocenters. The molecule has 1 aliphatic heterocycles. The molecule has 1 saturated carbocycles. The molecular formula is C19H20N4O2. The summed E-state index contributed by atoms with van der Waals surface area (Å²) >= 11 is 0. The van der Waals surface area contributed by atoms with E-state index in [1.807, 2.05) is 31.2 Å². The largest absolute Gasteiger partial charge is 0.349 e. The molecule has 0 unspecified atom stereocenters. The third kappa shape index (κ3) is 3.20. The molecule has 0 saturated heterocycles. The molecule has 1 fully saturated rings. The van der Waals surface area contributed by atoms with Crippen LogP contribution in [0.4, 0.5) is 5.82 Å². The van der Waals surface area contributed by atoms with Crippen LogP contribution >= 0.6 is 0 Å². The van der Waals surface area contributed by atoms with Gasteiger partial charge in [0.25, 0.3) is 11.8 Å². The second kappa shape index (κ2) is 6.20. The average Bonchev–Trinajstić information content (AvgIpc) is 3.34. The standard InChI is InChI=1S/C19H20N4O2/c1-11-5-8-13-15(10-11)22-17(16(13)19(25)21-12-6-7-12)23-18(24)14-4-2-3-9-20-14/h2,4-5,8,10,12,22H,3,6-7,9H2,1H3,(H,21,25)(H,23,24). The minimum atomic E-state index is -0.306. The van der Waals surface area contributed by atoms with Crippen LogP contribution in [0.5, 0.6) is 0 Å². The van der Waals surface area contributed by atoms with Crippen molar-refractivity contribution in [3.05, 3.63) is 41.5 Å². The number of carbonyl (C=O) groups is 2. The topological polar surface area (TPSA) is 86.3 Å². The third-order valence-electron chi connectivity index (χ3n) is 4.42. The van der Waals surface area contributed by atoms with Crippen molar-refractivity contribution in [3.8, 4) is 0 Å². The average molecular weight is 336 g/mol. The van der Waals surface area contributed by atoms with Crippen molar-refractivity contribution >= 4 is 34.2 Å². The molecular weight excluding hydrogens is 316 g/mol. The number of rotatable bonds is 4. The van der Waals surface area contributed by atoms with Gasteiger partial charge in [0.1, 0.15) is 11.5 Å². The molecule has 128 valence electrons. The number of H-pyrrole nitrogens is 1. The van der Waals surface area contributed by atoms with E-state index in [9.17, 15) is 9.59 Å². The van der Waals surface area contributed by atoms with Gasteiger partial charge in [0.15, 0.2) is 0 Å². The Morgan fingerprint density at radius 2 is 2.08 bits per heavy atom. The number of aromatic amines is 1. The first-order valence-electron chi connectivity index (χ1n) is 8.57. The highest BCUT2D eigenvalue weighted by Crippen LogP contribution is 2.29. The quantitative estimate of drug-likeness (QED) is 0.802. The summed E-state index contributed by atoms with van der Waals surface area (Å²) in [6.07, 6.45) is 6.51. The van der Waals surface area contributed by atoms with Crippen LogP contribution in [0.25, 0.3) is 10.9 Å². The Balaban J connectivity index is 1.70. The van der Waals surface area contributed by atoms with Crippen molar-refractivity contribution in [1.82, 2.24) is 10.3 Å². The van der Waals surface area contributed by atoms with Crippen LogP contribution in [-0.4, -0.2) is 35.1 Å². The number of nitrogens with zero attached hydrogens (tertiary/aromatic N) is 1. The maximum atomic E-state index is 12.7. The van der Waals surface area contributed by atoms with Gasteiger partial charge < -0.3 is 15.6 Å².